The van der Waals surface area contributed by atoms with E-state index in [1.807, 2.05) is 50.2 Å². The molecule has 31 heavy (non-hydrogen) atoms. The van der Waals surface area contributed by atoms with Crippen LogP contribution in [0.2, 0.25) is 0 Å². The van der Waals surface area contributed by atoms with Gasteiger partial charge in [-0.15, -0.1) is 0 Å². The summed E-state index contributed by atoms with van der Waals surface area (Å²) in [7, 11) is 3.18. The topological polar surface area (TPSA) is 83.6 Å². The molecule has 0 unspecified atom stereocenters. The van der Waals surface area contributed by atoms with E-state index in [0.29, 0.717) is 29.9 Å². The Morgan fingerprint density at radius 2 is 1.81 bits per heavy atom. The number of benzene rings is 2. The Balaban J connectivity index is 1.96. The number of ether oxygens (including phenoxy) is 2. The number of hydrogen-bond acceptors (Lipinski definition) is 6. The van der Waals surface area contributed by atoms with E-state index in [0.717, 1.165) is 33.5 Å². The smallest absolute Gasteiger partial charge is 0.261 e. The third-order valence-corrected chi connectivity index (χ3v) is 5.37. The Hall–Kier alpha value is -3.87. The van der Waals surface area contributed by atoms with Crippen LogP contribution in [0.5, 0.6) is 11.5 Å². The lowest BCUT2D eigenvalue weighted by molar-refractivity contribution is 0.112. The van der Waals surface area contributed by atoms with E-state index >= 15 is 0 Å². The molecule has 0 amide bonds. The first-order chi connectivity index (χ1) is 15.0. The third kappa shape index (κ3) is 3.59. The van der Waals surface area contributed by atoms with E-state index in [1.54, 1.807) is 24.9 Å². The van der Waals surface area contributed by atoms with Gasteiger partial charge in [0, 0.05) is 17.0 Å². The molecule has 2 heterocycles. The van der Waals surface area contributed by atoms with Gasteiger partial charge in [-0.05, 0) is 43.7 Å². The second kappa shape index (κ2) is 8.10. The standard InChI is InChI=1S/C24H22N2O5/c1-14-23(15(2)31-25-14)20-10-17-9-18(13-27)24(28)26(21(17)11-22(20)30-4)12-16-5-7-19(29-3)8-6-16/h5-11,13H,12H2,1-4H3. The van der Waals surface area contributed by atoms with Gasteiger partial charge < -0.3 is 18.6 Å². The highest BCUT2D eigenvalue weighted by Gasteiger charge is 2.19. The molecule has 0 aliphatic heterocycles. The van der Waals surface area contributed by atoms with E-state index in [9.17, 15) is 9.59 Å². The van der Waals surface area contributed by atoms with Crippen molar-refractivity contribution in [2.45, 2.75) is 20.4 Å². The van der Waals surface area contributed by atoms with Crippen LogP contribution >= 0.6 is 0 Å². The number of pyridine rings is 1. The minimum absolute atomic E-state index is 0.0934. The predicted octanol–water partition coefficient (Wildman–Crippen LogP) is 4.15. The minimum atomic E-state index is -0.356. The molecule has 7 heteroatoms. The fraction of sp³-hybridized carbons (Fsp3) is 0.208. The summed E-state index contributed by atoms with van der Waals surface area (Å²) >= 11 is 0. The van der Waals surface area contributed by atoms with Crippen molar-refractivity contribution in [3.05, 3.63) is 75.4 Å². The van der Waals surface area contributed by atoms with Crippen LogP contribution in [0.3, 0.4) is 0 Å². The first kappa shape index (κ1) is 20.4. The molecule has 0 N–H and O–H groups in total. The number of aryl methyl sites for hydroxylation is 2. The molecular weight excluding hydrogens is 396 g/mol. The molecule has 0 fully saturated rings. The molecule has 0 saturated heterocycles. The van der Waals surface area contributed by atoms with Crippen molar-refractivity contribution >= 4 is 17.2 Å². The molecule has 0 radical (unpaired) electrons. The van der Waals surface area contributed by atoms with Crippen molar-refractivity contribution in [2.24, 2.45) is 0 Å². The zero-order valence-corrected chi connectivity index (χ0v) is 17.8. The minimum Gasteiger partial charge on any atom is -0.497 e. The molecule has 0 atom stereocenters. The van der Waals surface area contributed by atoms with Crippen LogP contribution < -0.4 is 15.0 Å². The number of hydrogen-bond donors (Lipinski definition) is 0. The average Bonchev–Trinajstić information content (AvgIpc) is 3.12. The number of methoxy groups -OCH3 is 2. The quantitative estimate of drug-likeness (QED) is 0.438. The molecule has 0 aliphatic carbocycles. The van der Waals surface area contributed by atoms with Crippen molar-refractivity contribution in [2.75, 3.05) is 14.2 Å². The molecule has 2 aromatic heterocycles. The molecular formula is C24H22N2O5. The molecule has 158 valence electrons. The molecule has 4 rings (SSSR count). The van der Waals surface area contributed by atoms with Crippen LogP contribution in [0.4, 0.5) is 0 Å². The maximum absolute atomic E-state index is 13.0. The van der Waals surface area contributed by atoms with Gasteiger partial charge in [-0.25, -0.2) is 0 Å². The van der Waals surface area contributed by atoms with Crippen LogP contribution in [0.1, 0.15) is 27.4 Å². The molecule has 7 nitrogen and oxygen atoms in total. The van der Waals surface area contributed by atoms with Crippen molar-refractivity contribution in [3.8, 4) is 22.6 Å². The number of carbonyl (C=O) groups is 1. The molecule has 0 bridgehead atoms. The van der Waals surface area contributed by atoms with E-state index in [-0.39, 0.29) is 11.1 Å². The monoisotopic (exact) mass is 418 g/mol. The molecule has 0 spiro atoms. The summed E-state index contributed by atoms with van der Waals surface area (Å²) in [6.45, 7) is 3.99. The Morgan fingerprint density at radius 3 is 2.39 bits per heavy atom. The molecule has 2 aromatic carbocycles. The van der Waals surface area contributed by atoms with Crippen molar-refractivity contribution in [1.82, 2.24) is 9.72 Å². The number of aromatic nitrogens is 2. The van der Waals surface area contributed by atoms with Gasteiger partial charge in [0.25, 0.3) is 5.56 Å². The van der Waals surface area contributed by atoms with Crippen molar-refractivity contribution < 1.29 is 18.8 Å². The molecule has 4 aromatic rings. The summed E-state index contributed by atoms with van der Waals surface area (Å²) < 4.78 is 17.8. The molecule has 0 aliphatic rings. The lowest BCUT2D eigenvalue weighted by Gasteiger charge is -2.16. The Bertz CT molecular complexity index is 1310. The number of fused-ring (bicyclic) bond motifs is 1. The lowest BCUT2D eigenvalue weighted by atomic mass is 9.99. The lowest BCUT2D eigenvalue weighted by Crippen LogP contribution is -2.24. The number of rotatable bonds is 6. The second-order valence-corrected chi connectivity index (χ2v) is 7.27. The van der Waals surface area contributed by atoms with Gasteiger partial charge in [-0.2, -0.15) is 0 Å². The highest BCUT2D eigenvalue weighted by molar-refractivity contribution is 5.92. The van der Waals surface area contributed by atoms with Gasteiger partial charge in [0.05, 0.1) is 43.1 Å². The zero-order valence-electron chi connectivity index (χ0n) is 17.8. The van der Waals surface area contributed by atoms with Crippen LogP contribution in [0, 0.1) is 13.8 Å². The summed E-state index contributed by atoms with van der Waals surface area (Å²) in [6.07, 6.45) is 0.589. The van der Waals surface area contributed by atoms with E-state index < -0.39 is 0 Å². The van der Waals surface area contributed by atoms with Gasteiger partial charge in [0.2, 0.25) is 0 Å². The Labute approximate surface area is 178 Å². The van der Waals surface area contributed by atoms with Gasteiger partial charge in [0.1, 0.15) is 17.3 Å². The van der Waals surface area contributed by atoms with E-state index in [1.165, 1.54) is 0 Å². The summed E-state index contributed by atoms with van der Waals surface area (Å²) in [5, 5.41) is 4.77. The largest absolute Gasteiger partial charge is 0.497 e. The van der Waals surface area contributed by atoms with Gasteiger partial charge in [-0.1, -0.05) is 17.3 Å². The van der Waals surface area contributed by atoms with Gasteiger partial charge in [0.15, 0.2) is 6.29 Å². The maximum Gasteiger partial charge on any atom is 0.261 e. The number of aldehydes is 1. The van der Waals surface area contributed by atoms with E-state index in [4.69, 9.17) is 14.0 Å². The first-order valence-corrected chi connectivity index (χ1v) is 9.73. The fourth-order valence-electron chi connectivity index (χ4n) is 3.82. The summed E-state index contributed by atoms with van der Waals surface area (Å²) in [6, 6.07) is 12.8. The average molecular weight is 418 g/mol. The highest BCUT2D eigenvalue weighted by Crippen LogP contribution is 2.37. The summed E-state index contributed by atoms with van der Waals surface area (Å²) in [5.74, 6) is 1.98. The van der Waals surface area contributed by atoms with Gasteiger partial charge in [-0.3, -0.25) is 9.59 Å². The third-order valence-electron chi connectivity index (χ3n) is 5.37. The van der Waals surface area contributed by atoms with Crippen LogP contribution in [0.25, 0.3) is 22.0 Å². The zero-order chi connectivity index (χ0) is 22.1. The fourth-order valence-corrected chi connectivity index (χ4v) is 3.82. The number of nitrogens with zero attached hydrogens (tertiary/aromatic N) is 2. The van der Waals surface area contributed by atoms with E-state index in [2.05, 4.69) is 5.16 Å². The van der Waals surface area contributed by atoms with Crippen LogP contribution in [-0.2, 0) is 6.54 Å². The van der Waals surface area contributed by atoms with Crippen LogP contribution in [0.15, 0.2) is 51.8 Å². The number of carbonyl (C=O) groups excluding carboxylic acids is 1. The van der Waals surface area contributed by atoms with Crippen molar-refractivity contribution in [1.29, 1.82) is 0 Å². The Kier molecular flexibility index (Phi) is 5.33. The summed E-state index contributed by atoms with van der Waals surface area (Å²) in [4.78, 5) is 24.6. The normalized spacial score (nSPS) is 11.0. The predicted molar refractivity (Wildman–Crippen MR) is 117 cm³/mol. The first-order valence-electron chi connectivity index (χ1n) is 9.73. The SMILES string of the molecule is COc1ccc(Cn2c(=O)c(C=O)cc3cc(-c4c(C)noc4C)c(OC)cc32)cc1. The Morgan fingerprint density at radius 1 is 1.06 bits per heavy atom. The maximum atomic E-state index is 13.0. The van der Waals surface area contributed by atoms with Gasteiger partial charge >= 0.3 is 0 Å². The summed E-state index contributed by atoms with van der Waals surface area (Å²) in [5.41, 5.74) is 3.66. The van der Waals surface area contributed by atoms with Crippen LogP contribution in [-0.4, -0.2) is 30.2 Å². The highest BCUT2D eigenvalue weighted by atomic mass is 16.5. The molecule has 0 saturated carbocycles. The second-order valence-electron chi connectivity index (χ2n) is 7.27. The van der Waals surface area contributed by atoms with Crippen molar-refractivity contribution in [3.63, 3.8) is 0 Å².